The van der Waals surface area contributed by atoms with Crippen molar-refractivity contribution in [1.29, 1.82) is 5.26 Å². The van der Waals surface area contributed by atoms with Crippen LogP contribution in [0.25, 0.3) is 0 Å². The fourth-order valence-electron chi connectivity index (χ4n) is 2.17. The zero-order valence-electron chi connectivity index (χ0n) is 10.6. The van der Waals surface area contributed by atoms with Gasteiger partial charge in [-0.3, -0.25) is 4.79 Å². The van der Waals surface area contributed by atoms with Crippen LogP contribution < -0.4 is 11.5 Å². The second kappa shape index (κ2) is 4.61. The van der Waals surface area contributed by atoms with Crippen molar-refractivity contribution in [3.8, 4) is 6.07 Å². The van der Waals surface area contributed by atoms with Gasteiger partial charge in [-0.1, -0.05) is 6.07 Å². The van der Waals surface area contributed by atoms with Gasteiger partial charge in [0, 0.05) is 5.56 Å². The van der Waals surface area contributed by atoms with Crippen LogP contribution in [-0.4, -0.2) is 26.0 Å². The maximum absolute atomic E-state index is 12.0. The van der Waals surface area contributed by atoms with Crippen molar-refractivity contribution < 1.29 is 13.2 Å². The minimum Gasteiger partial charge on any atom is -0.370 e. The van der Waals surface area contributed by atoms with Crippen molar-refractivity contribution in [1.82, 2.24) is 0 Å². The molecule has 0 aromatic heterocycles. The van der Waals surface area contributed by atoms with Gasteiger partial charge < -0.3 is 11.5 Å². The predicted octanol–water partition coefficient (Wildman–Crippen LogP) is -0.197. The Balaban J connectivity index is 2.66. The predicted molar refractivity (Wildman–Crippen MR) is 71.7 cm³/mol. The maximum atomic E-state index is 12.0. The Labute approximate surface area is 115 Å². The van der Waals surface area contributed by atoms with Gasteiger partial charge >= 0.3 is 0 Å². The highest BCUT2D eigenvalue weighted by molar-refractivity contribution is 7.91. The summed E-state index contributed by atoms with van der Waals surface area (Å²) in [6.45, 7) is 1.63. The molecule has 0 saturated heterocycles. The SMILES string of the molecule is Cc1cc2c(cc1C(=O)N=C(N)N)S(=O)(=O)CC2C#N. The lowest BCUT2D eigenvalue weighted by Crippen LogP contribution is -2.24. The number of amides is 1. The zero-order valence-corrected chi connectivity index (χ0v) is 11.4. The molecule has 1 heterocycles. The summed E-state index contributed by atoms with van der Waals surface area (Å²) in [5, 5.41) is 9.00. The van der Waals surface area contributed by atoms with Crippen molar-refractivity contribution in [2.75, 3.05) is 5.75 Å². The number of nitriles is 1. The van der Waals surface area contributed by atoms with Crippen LogP contribution in [0.1, 0.15) is 27.4 Å². The van der Waals surface area contributed by atoms with Gasteiger partial charge in [0.25, 0.3) is 5.91 Å². The first-order valence-corrected chi connectivity index (χ1v) is 7.32. The van der Waals surface area contributed by atoms with E-state index >= 15 is 0 Å². The Morgan fingerprint density at radius 3 is 2.65 bits per heavy atom. The number of fused-ring (bicyclic) bond motifs is 1. The van der Waals surface area contributed by atoms with Crippen LogP contribution in [0.2, 0.25) is 0 Å². The Bertz CT molecular complexity index is 771. The van der Waals surface area contributed by atoms with Crippen LogP contribution >= 0.6 is 0 Å². The monoisotopic (exact) mass is 292 g/mol. The summed E-state index contributed by atoms with van der Waals surface area (Å²) < 4.78 is 24.0. The second-order valence-corrected chi connectivity index (χ2v) is 6.51. The first-order valence-electron chi connectivity index (χ1n) is 5.67. The van der Waals surface area contributed by atoms with E-state index in [1.807, 2.05) is 6.07 Å². The summed E-state index contributed by atoms with van der Waals surface area (Å²) >= 11 is 0. The molecule has 2 rings (SSSR count). The standard InChI is InChI=1S/C12H12N4O3S/c1-6-2-9-7(4-13)5-20(18,19)10(9)3-8(6)11(17)16-12(14)15/h2-3,7H,5H2,1H3,(H4,14,15,16,17). The Morgan fingerprint density at radius 2 is 2.10 bits per heavy atom. The highest BCUT2D eigenvalue weighted by atomic mass is 32.2. The van der Waals surface area contributed by atoms with Crippen molar-refractivity contribution in [3.05, 3.63) is 28.8 Å². The molecule has 1 atom stereocenters. The molecular formula is C12H12N4O3S. The van der Waals surface area contributed by atoms with Crippen LogP contribution in [-0.2, 0) is 9.84 Å². The number of hydrogen-bond donors (Lipinski definition) is 2. The van der Waals surface area contributed by atoms with Gasteiger partial charge in [0.15, 0.2) is 15.8 Å². The number of aliphatic imine (C=N–C) groups is 1. The van der Waals surface area contributed by atoms with E-state index in [-0.39, 0.29) is 16.2 Å². The van der Waals surface area contributed by atoms with Crippen molar-refractivity contribution >= 4 is 21.7 Å². The van der Waals surface area contributed by atoms with Crippen LogP contribution in [0, 0.1) is 18.3 Å². The lowest BCUT2D eigenvalue weighted by atomic mass is 9.97. The molecule has 1 amide bonds. The molecule has 104 valence electrons. The van der Waals surface area contributed by atoms with Gasteiger partial charge in [-0.2, -0.15) is 10.3 Å². The fourth-order valence-corrected chi connectivity index (χ4v) is 3.90. The summed E-state index contributed by atoms with van der Waals surface area (Å²) in [7, 11) is -3.55. The van der Waals surface area contributed by atoms with Crippen LogP contribution in [0.15, 0.2) is 22.0 Å². The molecule has 0 bridgehead atoms. The molecule has 0 spiro atoms. The van der Waals surface area contributed by atoms with Crippen molar-refractivity contribution in [3.63, 3.8) is 0 Å². The third kappa shape index (κ3) is 2.23. The number of carbonyl (C=O) groups excluding carboxylic acids is 1. The smallest absolute Gasteiger partial charge is 0.280 e. The van der Waals surface area contributed by atoms with Crippen LogP contribution in [0.3, 0.4) is 0 Å². The molecule has 0 saturated carbocycles. The molecular weight excluding hydrogens is 280 g/mol. The van der Waals surface area contributed by atoms with Gasteiger partial charge in [-0.15, -0.1) is 0 Å². The molecule has 1 aromatic carbocycles. The number of aryl methyl sites for hydroxylation is 1. The topological polar surface area (TPSA) is 139 Å². The third-order valence-electron chi connectivity index (χ3n) is 3.07. The molecule has 1 aliphatic rings. The average molecular weight is 292 g/mol. The van der Waals surface area contributed by atoms with Crippen molar-refractivity contribution in [2.24, 2.45) is 16.5 Å². The zero-order chi connectivity index (χ0) is 15.1. The van der Waals surface area contributed by atoms with Gasteiger partial charge in [0.05, 0.1) is 22.6 Å². The Hall–Kier alpha value is -2.40. The van der Waals surface area contributed by atoms with Gasteiger partial charge in [-0.05, 0) is 24.1 Å². The number of hydrogen-bond acceptors (Lipinski definition) is 4. The van der Waals surface area contributed by atoms with E-state index in [4.69, 9.17) is 16.7 Å². The van der Waals surface area contributed by atoms with E-state index in [9.17, 15) is 13.2 Å². The minimum absolute atomic E-state index is 0.00351. The van der Waals surface area contributed by atoms with Gasteiger partial charge in [0.2, 0.25) is 0 Å². The second-order valence-electron chi connectivity index (χ2n) is 4.51. The average Bonchev–Trinajstić information content (AvgIpc) is 2.58. The quantitative estimate of drug-likeness (QED) is 0.542. The number of carbonyl (C=O) groups is 1. The third-order valence-corrected chi connectivity index (χ3v) is 4.87. The van der Waals surface area contributed by atoms with E-state index in [2.05, 4.69) is 4.99 Å². The van der Waals surface area contributed by atoms with Crippen LogP contribution in [0.4, 0.5) is 0 Å². The number of sulfone groups is 1. The Kier molecular flexibility index (Phi) is 3.23. The summed E-state index contributed by atoms with van der Waals surface area (Å²) in [6.07, 6.45) is 0. The maximum Gasteiger partial charge on any atom is 0.280 e. The number of rotatable bonds is 1. The lowest BCUT2D eigenvalue weighted by Gasteiger charge is -2.06. The van der Waals surface area contributed by atoms with Gasteiger partial charge in [-0.25, -0.2) is 8.42 Å². The first kappa shape index (κ1) is 14.0. The number of benzene rings is 1. The lowest BCUT2D eigenvalue weighted by molar-refractivity contribution is 0.100. The van der Waals surface area contributed by atoms with Crippen molar-refractivity contribution in [2.45, 2.75) is 17.7 Å². The van der Waals surface area contributed by atoms with E-state index in [1.54, 1.807) is 6.92 Å². The van der Waals surface area contributed by atoms with E-state index in [0.29, 0.717) is 11.1 Å². The highest BCUT2D eigenvalue weighted by Gasteiger charge is 2.36. The van der Waals surface area contributed by atoms with Crippen LogP contribution in [0.5, 0.6) is 0 Å². The minimum atomic E-state index is -3.55. The molecule has 1 aromatic rings. The molecule has 0 aliphatic carbocycles. The van der Waals surface area contributed by atoms with E-state index < -0.39 is 27.6 Å². The summed E-state index contributed by atoms with van der Waals surface area (Å²) in [5.41, 5.74) is 11.3. The fraction of sp³-hybridized carbons (Fsp3) is 0.250. The largest absolute Gasteiger partial charge is 0.370 e. The summed E-state index contributed by atoms with van der Waals surface area (Å²) in [4.78, 5) is 15.2. The molecule has 0 fully saturated rings. The summed E-state index contributed by atoms with van der Waals surface area (Å²) in [5.74, 6) is -2.08. The summed E-state index contributed by atoms with van der Waals surface area (Å²) in [6, 6.07) is 4.73. The molecule has 7 nitrogen and oxygen atoms in total. The molecule has 20 heavy (non-hydrogen) atoms. The molecule has 1 aliphatic heterocycles. The highest BCUT2D eigenvalue weighted by Crippen LogP contribution is 2.36. The molecule has 4 N–H and O–H groups in total. The number of nitrogens with zero attached hydrogens (tertiary/aromatic N) is 2. The van der Waals surface area contributed by atoms with E-state index in [0.717, 1.165) is 0 Å². The first-order chi connectivity index (χ1) is 9.26. The van der Waals surface area contributed by atoms with Gasteiger partial charge in [0.1, 0.15) is 0 Å². The number of guanidine groups is 1. The molecule has 0 radical (unpaired) electrons. The Morgan fingerprint density at radius 1 is 1.45 bits per heavy atom. The number of nitrogens with two attached hydrogens (primary N) is 2. The molecule has 8 heteroatoms. The molecule has 1 unspecified atom stereocenters. The van der Waals surface area contributed by atoms with E-state index in [1.165, 1.54) is 12.1 Å². The normalized spacial score (nSPS) is 18.9.